The average Bonchev–Trinajstić information content (AvgIpc) is 3.25. The maximum absolute atomic E-state index is 13.1. The van der Waals surface area contributed by atoms with Gasteiger partial charge in [-0.1, -0.05) is 25.4 Å². The van der Waals surface area contributed by atoms with Crippen molar-refractivity contribution in [2.45, 2.75) is 25.6 Å². The van der Waals surface area contributed by atoms with Gasteiger partial charge in [0.25, 0.3) is 5.91 Å². The van der Waals surface area contributed by atoms with Crippen LogP contribution in [-0.2, 0) is 15.4 Å². The smallest absolute Gasteiger partial charge is 0.497 e. The Morgan fingerprint density at radius 2 is 1.68 bits per heavy atom. The molecular weight excluding hydrogens is 591 g/mol. The molecule has 0 atom stereocenters. The predicted molar refractivity (Wildman–Crippen MR) is 149 cm³/mol. The van der Waals surface area contributed by atoms with E-state index < -0.39 is 33.5 Å². The molecule has 0 aliphatic rings. The van der Waals surface area contributed by atoms with Crippen molar-refractivity contribution in [3.63, 3.8) is 0 Å². The molecule has 2 N–H and O–H groups in total. The Labute approximate surface area is 237 Å². The fraction of sp³-hybridized carbons (Fsp3) is 0.231. The SMILES string of the molecule is COc1cc(OC(F)(F)F)cc(C(C)(C)c2cc(Cl)nc(NC(=O)c3cc4cc(NS(C)(=O)=O)ccc4s3)c2)c1. The summed E-state index contributed by atoms with van der Waals surface area (Å²) in [5.74, 6) is -0.617. The summed E-state index contributed by atoms with van der Waals surface area (Å²) in [6, 6.07) is 13.6. The summed E-state index contributed by atoms with van der Waals surface area (Å²) < 4.78 is 74.2. The van der Waals surface area contributed by atoms with Crippen LogP contribution in [-0.4, -0.2) is 39.0 Å². The molecule has 2 aromatic heterocycles. The fourth-order valence-electron chi connectivity index (χ4n) is 3.94. The summed E-state index contributed by atoms with van der Waals surface area (Å²) in [6.45, 7) is 3.54. The number of rotatable bonds is 8. The predicted octanol–water partition coefficient (Wildman–Crippen LogP) is 6.81. The number of anilines is 2. The van der Waals surface area contributed by atoms with Crippen LogP contribution in [0.25, 0.3) is 10.1 Å². The van der Waals surface area contributed by atoms with E-state index in [0.29, 0.717) is 27.1 Å². The van der Waals surface area contributed by atoms with Gasteiger partial charge in [-0.25, -0.2) is 13.4 Å². The van der Waals surface area contributed by atoms with Crippen LogP contribution < -0.4 is 19.5 Å². The Morgan fingerprint density at radius 3 is 2.33 bits per heavy atom. The van der Waals surface area contributed by atoms with Gasteiger partial charge in [0.1, 0.15) is 22.5 Å². The van der Waals surface area contributed by atoms with Gasteiger partial charge in [0, 0.05) is 21.9 Å². The number of nitrogens with one attached hydrogen (secondary N) is 2. The van der Waals surface area contributed by atoms with E-state index in [1.165, 1.54) is 24.5 Å². The van der Waals surface area contributed by atoms with Gasteiger partial charge >= 0.3 is 6.36 Å². The highest BCUT2D eigenvalue weighted by molar-refractivity contribution is 7.92. The number of ether oxygens (including phenoxy) is 2. The number of thiophene rings is 1. The van der Waals surface area contributed by atoms with Gasteiger partial charge in [-0.15, -0.1) is 24.5 Å². The minimum atomic E-state index is -4.89. The van der Waals surface area contributed by atoms with Gasteiger partial charge in [-0.3, -0.25) is 9.52 Å². The van der Waals surface area contributed by atoms with Crippen LogP contribution in [0.5, 0.6) is 11.5 Å². The molecule has 8 nitrogen and oxygen atoms in total. The molecule has 0 saturated carbocycles. The molecule has 40 heavy (non-hydrogen) atoms. The van der Waals surface area contributed by atoms with E-state index in [-0.39, 0.29) is 16.7 Å². The standard InChI is InChI=1S/C26H23ClF3N3O5S2/c1-25(2,15-9-18(37-3)13-19(10-15)38-26(28,29)30)16-11-22(27)31-23(12-16)32-24(34)21-8-14-7-17(33-40(4,35)36)5-6-20(14)39-21/h5-13,33H,1-4H3,(H,31,32,34). The van der Waals surface area contributed by atoms with Crippen molar-refractivity contribution in [1.29, 1.82) is 0 Å². The van der Waals surface area contributed by atoms with Crippen molar-refractivity contribution in [2.75, 3.05) is 23.4 Å². The summed E-state index contributed by atoms with van der Waals surface area (Å²) in [5, 5.41) is 3.43. The highest BCUT2D eigenvalue weighted by Crippen LogP contribution is 2.39. The van der Waals surface area contributed by atoms with Crippen molar-refractivity contribution in [1.82, 2.24) is 4.98 Å². The number of hydrogen-bond acceptors (Lipinski definition) is 7. The van der Waals surface area contributed by atoms with Crippen molar-refractivity contribution in [2.24, 2.45) is 0 Å². The van der Waals surface area contributed by atoms with E-state index in [2.05, 4.69) is 19.8 Å². The molecule has 4 rings (SSSR count). The summed E-state index contributed by atoms with van der Waals surface area (Å²) in [7, 11) is -2.13. The molecule has 212 valence electrons. The maximum Gasteiger partial charge on any atom is 0.573 e. The molecule has 0 aliphatic carbocycles. The largest absolute Gasteiger partial charge is 0.573 e. The number of sulfonamides is 1. The summed E-state index contributed by atoms with van der Waals surface area (Å²) in [5.41, 5.74) is 0.449. The van der Waals surface area contributed by atoms with Crippen LogP contribution in [0.1, 0.15) is 34.6 Å². The van der Waals surface area contributed by atoms with Crippen LogP contribution in [0.3, 0.4) is 0 Å². The number of hydrogen-bond donors (Lipinski definition) is 2. The quantitative estimate of drug-likeness (QED) is 0.212. The second kappa shape index (κ2) is 10.8. The van der Waals surface area contributed by atoms with E-state index in [9.17, 15) is 26.4 Å². The molecule has 0 saturated heterocycles. The van der Waals surface area contributed by atoms with E-state index in [4.69, 9.17) is 16.3 Å². The summed E-state index contributed by atoms with van der Waals surface area (Å²) in [4.78, 5) is 17.6. The number of carbonyl (C=O) groups excluding carboxylic acids is 1. The van der Waals surface area contributed by atoms with Crippen molar-refractivity contribution in [3.05, 3.63) is 75.8 Å². The number of amides is 1. The van der Waals surface area contributed by atoms with E-state index >= 15 is 0 Å². The highest BCUT2D eigenvalue weighted by atomic mass is 35.5. The number of benzene rings is 2. The monoisotopic (exact) mass is 613 g/mol. The number of carbonyl (C=O) groups is 1. The van der Waals surface area contributed by atoms with Gasteiger partial charge in [-0.2, -0.15) is 0 Å². The number of nitrogens with zero attached hydrogens (tertiary/aromatic N) is 1. The summed E-state index contributed by atoms with van der Waals surface area (Å²) in [6.07, 6.45) is -3.84. The number of methoxy groups -OCH3 is 1. The Bertz CT molecular complexity index is 1710. The highest BCUT2D eigenvalue weighted by Gasteiger charge is 2.33. The van der Waals surface area contributed by atoms with Crippen molar-refractivity contribution < 1.29 is 35.9 Å². The maximum atomic E-state index is 13.1. The van der Waals surface area contributed by atoms with Gasteiger partial charge in [0.05, 0.1) is 18.2 Å². The Kier molecular flexibility index (Phi) is 7.94. The molecule has 2 aromatic carbocycles. The third-order valence-corrected chi connectivity index (χ3v) is 7.79. The zero-order valence-corrected chi connectivity index (χ0v) is 23.9. The Morgan fingerprint density at radius 1 is 1.00 bits per heavy atom. The first-order valence-electron chi connectivity index (χ1n) is 11.5. The zero-order valence-electron chi connectivity index (χ0n) is 21.5. The van der Waals surface area contributed by atoms with Crippen LogP contribution in [0.15, 0.2) is 54.6 Å². The number of fused-ring (bicyclic) bond motifs is 1. The normalized spacial score (nSPS) is 12.3. The third kappa shape index (κ3) is 7.14. The van der Waals surface area contributed by atoms with Gasteiger partial charge < -0.3 is 14.8 Å². The van der Waals surface area contributed by atoms with Crippen LogP contribution in [0, 0.1) is 0 Å². The van der Waals surface area contributed by atoms with Crippen molar-refractivity contribution in [3.8, 4) is 11.5 Å². The molecule has 4 aromatic rings. The fourth-order valence-corrected chi connectivity index (χ4v) is 5.64. The van der Waals surface area contributed by atoms with Crippen LogP contribution in [0.4, 0.5) is 24.7 Å². The third-order valence-electron chi connectivity index (χ3n) is 5.87. The lowest BCUT2D eigenvalue weighted by Crippen LogP contribution is -2.22. The molecule has 2 heterocycles. The van der Waals surface area contributed by atoms with E-state index in [1.54, 1.807) is 56.3 Å². The molecule has 0 radical (unpaired) electrons. The van der Waals surface area contributed by atoms with Gasteiger partial charge in [0.2, 0.25) is 10.0 Å². The van der Waals surface area contributed by atoms with Crippen LogP contribution in [0.2, 0.25) is 5.15 Å². The molecule has 0 spiro atoms. The lowest BCUT2D eigenvalue weighted by Gasteiger charge is -2.27. The van der Waals surface area contributed by atoms with E-state index in [1.807, 2.05) is 0 Å². The molecule has 0 aliphatic heterocycles. The zero-order chi connectivity index (χ0) is 29.5. The lowest BCUT2D eigenvalue weighted by atomic mass is 9.78. The molecule has 0 fully saturated rings. The Hall–Kier alpha value is -3.55. The number of aromatic nitrogens is 1. The number of halogens is 4. The number of alkyl halides is 3. The molecule has 0 bridgehead atoms. The molecule has 1 amide bonds. The first kappa shape index (κ1) is 29.4. The first-order chi connectivity index (χ1) is 18.5. The molecule has 0 unspecified atom stereocenters. The summed E-state index contributed by atoms with van der Waals surface area (Å²) >= 11 is 7.47. The second-order valence-corrected chi connectivity index (χ2v) is 12.5. The second-order valence-electron chi connectivity index (χ2n) is 9.33. The molecular formula is C26H23ClF3N3O5S2. The molecule has 14 heteroatoms. The average molecular weight is 614 g/mol. The number of pyridine rings is 1. The first-order valence-corrected chi connectivity index (χ1v) is 14.6. The van der Waals surface area contributed by atoms with Gasteiger partial charge in [0.15, 0.2) is 0 Å². The van der Waals surface area contributed by atoms with Crippen molar-refractivity contribution >= 4 is 60.5 Å². The van der Waals surface area contributed by atoms with Crippen LogP contribution >= 0.6 is 22.9 Å². The minimum absolute atomic E-state index is 0.0587. The van der Waals surface area contributed by atoms with Gasteiger partial charge in [-0.05, 0) is 65.0 Å². The Balaban J connectivity index is 1.63. The minimum Gasteiger partial charge on any atom is -0.497 e. The lowest BCUT2D eigenvalue weighted by molar-refractivity contribution is -0.274. The van der Waals surface area contributed by atoms with E-state index in [0.717, 1.165) is 17.0 Å². The topological polar surface area (TPSA) is 107 Å².